The molecule has 1 atom stereocenters. The van der Waals surface area contributed by atoms with Crippen LogP contribution in [0.5, 0.6) is 0 Å². The summed E-state index contributed by atoms with van der Waals surface area (Å²) < 4.78 is 6.25. The van der Waals surface area contributed by atoms with Gasteiger partial charge in [-0.15, -0.1) is 0 Å². The van der Waals surface area contributed by atoms with Gasteiger partial charge in [-0.05, 0) is 40.7 Å². The second-order valence-electron chi connectivity index (χ2n) is 6.94. The number of furan rings is 1. The van der Waals surface area contributed by atoms with Crippen molar-refractivity contribution in [2.24, 2.45) is 5.92 Å². The van der Waals surface area contributed by atoms with Crippen molar-refractivity contribution in [1.82, 2.24) is 0 Å². The Morgan fingerprint density at radius 3 is 2.25 bits per heavy atom. The molecule has 0 aliphatic heterocycles. The number of para-hydroxylation sites is 1. The van der Waals surface area contributed by atoms with E-state index < -0.39 is 0 Å². The minimum atomic E-state index is 0.475. The Morgan fingerprint density at radius 1 is 0.708 bits per heavy atom. The van der Waals surface area contributed by atoms with Gasteiger partial charge in [0.1, 0.15) is 11.2 Å². The highest BCUT2D eigenvalue weighted by Crippen LogP contribution is 2.37. The third-order valence-electron chi connectivity index (χ3n) is 5.12. The van der Waals surface area contributed by atoms with Gasteiger partial charge in [-0.1, -0.05) is 75.4 Å². The Morgan fingerprint density at radius 2 is 1.50 bits per heavy atom. The van der Waals surface area contributed by atoms with Crippen molar-refractivity contribution in [2.75, 3.05) is 0 Å². The molecule has 0 amide bonds. The van der Waals surface area contributed by atoms with Crippen molar-refractivity contribution in [2.45, 2.75) is 26.7 Å². The molecule has 0 fully saturated rings. The summed E-state index contributed by atoms with van der Waals surface area (Å²) in [6.07, 6.45) is 0. The van der Waals surface area contributed by atoms with Gasteiger partial charge in [0, 0.05) is 10.8 Å². The molecule has 1 nitrogen and oxygen atoms in total. The number of hydrogen-bond donors (Lipinski definition) is 0. The first kappa shape index (κ1) is 15.0. The van der Waals surface area contributed by atoms with Crippen molar-refractivity contribution in [3.63, 3.8) is 0 Å². The summed E-state index contributed by atoms with van der Waals surface area (Å²) in [5, 5.41) is 2.41. The summed E-state index contributed by atoms with van der Waals surface area (Å²) in [4.78, 5) is 0. The molecule has 0 saturated carbocycles. The summed E-state index contributed by atoms with van der Waals surface area (Å²) in [7, 11) is 0. The summed E-state index contributed by atoms with van der Waals surface area (Å²) in [5.41, 5.74) is 5.78. The molecule has 4 rings (SSSR count). The van der Waals surface area contributed by atoms with Gasteiger partial charge in [-0.25, -0.2) is 0 Å². The average Bonchev–Trinajstić information content (AvgIpc) is 2.99. The van der Waals surface area contributed by atoms with E-state index in [2.05, 4.69) is 87.5 Å². The lowest BCUT2D eigenvalue weighted by Gasteiger charge is -2.15. The highest BCUT2D eigenvalue weighted by atomic mass is 16.3. The molecule has 0 aliphatic carbocycles. The Labute approximate surface area is 142 Å². The quantitative estimate of drug-likeness (QED) is 0.396. The molecular weight excluding hydrogens is 292 g/mol. The molecule has 120 valence electrons. The first-order valence-corrected chi connectivity index (χ1v) is 8.66. The molecule has 3 aromatic carbocycles. The Hall–Kier alpha value is -2.54. The van der Waals surface area contributed by atoms with Crippen LogP contribution in [0.15, 0.2) is 71.1 Å². The van der Waals surface area contributed by atoms with E-state index in [9.17, 15) is 0 Å². The molecule has 1 heterocycles. The second-order valence-corrected chi connectivity index (χ2v) is 6.94. The average molecular weight is 314 g/mol. The van der Waals surface area contributed by atoms with Crippen LogP contribution in [0.4, 0.5) is 0 Å². The molecule has 0 spiro atoms. The van der Waals surface area contributed by atoms with E-state index in [0.29, 0.717) is 11.8 Å². The maximum absolute atomic E-state index is 6.25. The zero-order valence-electron chi connectivity index (χ0n) is 14.4. The number of benzene rings is 3. The number of hydrogen-bond acceptors (Lipinski definition) is 1. The standard InChI is InChI=1S/C23H22O/c1-15(2)16(3)19-10-7-11-20-21-14-18(17-8-5-4-6-9-17)12-13-22(21)24-23(19)20/h4-16H,1-3H3. The van der Waals surface area contributed by atoms with Crippen molar-refractivity contribution in [3.8, 4) is 11.1 Å². The molecular formula is C23H22O. The first-order chi connectivity index (χ1) is 11.6. The fraction of sp³-hybridized carbons (Fsp3) is 0.217. The molecule has 1 heteroatoms. The maximum atomic E-state index is 6.25. The fourth-order valence-corrected chi connectivity index (χ4v) is 3.35. The van der Waals surface area contributed by atoms with E-state index in [1.165, 1.54) is 27.5 Å². The fourth-order valence-electron chi connectivity index (χ4n) is 3.35. The molecule has 0 aliphatic rings. The third-order valence-corrected chi connectivity index (χ3v) is 5.12. The van der Waals surface area contributed by atoms with Gasteiger partial charge < -0.3 is 4.42 Å². The van der Waals surface area contributed by atoms with Crippen LogP contribution in [-0.4, -0.2) is 0 Å². The lowest BCUT2D eigenvalue weighted by molar-refractivity contribution is 0.529. The monoisotopic (exact) mass is 314 g/mol. The second kappa shape index (κ2) is 5.83. The predicted molar refractivity (Wildman–Crippen MR) is 102 cm³/mol. The summed E-state index contributed by atoms with van der Waals surface area (Å²) in [6.45, 7) is 6.81. The van der Waals surface area contributed by atoms with E-state index in [4.69, 9.17) is 4.42 Å². The van der Waals surface area contributed by atoms with Gasteiger partial charge in [-0.2, -0.15) is 0 Å². The minimum Gasteiger partial charge on any atom is -0.456 e. The van der Waals surface area contributed by atoms with Crippen LogP contribution in [0.25, 0.3) is 33.1 Å². The Bertz CT molecular complexity index is 993. The van der Waals surface area contributed by atoms with Crippen molar-refractivity contribution in [1.29, 1.82) is 0 Å². The van der Waals surface area contributed by atoms with Gasteiger partial charge in [0.25, 0.3) is 0 Å². The normalized spacial score (nSPS) is 13.0. The molecule has 1 unspecified atom stereocenters. The Balaban J connectivity index is 1.95. The van der Waals surface area contributed by atoms with Crippen LogP contribution in [0.3, 0.4) is 0 Å². The SMILES string of the molecule is CC(C)C(C)c1cccc2c1oc1ccc(-c3ccccc3)cc12. The van der Waals surface area contributed by atoms with Crippen LogP contribution >= 0.6 is 0 Å². The van der Waals surface area contributed by atoms with Crippen LogP contribution in [0.2, 0.25) is 0 Å². The Kier molecular flexibility index (Phi) is 3.65. The highest BCUT2D eigenvalue weighted by Gasteiger charge is 2.17. The van der Waals surface area contributed by atoms with E-state index in [0.717, 1.165) is 11.2 Å². The van der Waals surface area contributed by atoms with Crippen LogP contribution < -0.4 is 0 Å². The maximum Gasteiger partial charge on any atom is 0.138 e. The van der Waals surface area contributed by atoms with Gasteiger partial charge in [0.05, 0.1) is 0 Å². The summed E-state index contributed by atoms with van der Waals surface area (Å²) >= 11 is 0. The van der Waals surface area contributed by atoms with Crippen LogP contribution in [-0.2, 0) is 0 Å². The van der Waals surface area contributed by atoms with Gasteiger partial charge in [-0.3, -0.25) is 0 Å². The largest absolute Gasteiger partial charge is 0.456 e. The van der Waals surface area contributed by atoms with Crippen molar-refractivity contribution >= 4 is 21.9 Å². The molecule has 4 aromatic rings. The first-order valence-electron chi connectivity index (χ1n) is 8.66. The van der Waals surface area contributed by atoms with E-state index >= 15 is 0 Å². The van der Waals surface area contributed by atoms with E-state index in [-0.39, 0.29) is 0 Å². The topological polar surface area (TPSA) is 13.1 Å². The van der Waals surface area contributed by atoms with E-state index in [1.807, 2.05) is 0 Å². The van der Waals surface area contributed by atoms with Crippen LogP contribution in [0, 0.1) is 5.92 Å². The van der Waals surface area contributed by atoms with Gasteiger partial charge in [0.2, 0.25) is 0 Å². The van der Waals surface area contributed by atoms with Crippen molar-refractivity contribution in [3.05, 3.63) is 72.3 Å². The molecule has 24 heavy (non-hydrogen) atoms. The number of rotatable bonds is 3. The molecule has 0 N–H and O–H groups in total. The highest BCUT2D eigenvalue weighted by molar-refractivity contribution is 6.07. The molecule has 0 saturated heterocycles. The zero-order chi connectivity index (χ0) is 16.7. The lowest BCUT2D eigenvalue weighted by Crippen LogP contribution is -2.01. The third kappa shape index (κ3) is 2.41. The molecule has 1 aromatic heterocycles. The predicted octanol–water partition coefficient (Wildman–Crippen LogP) is 7.01. The van der Waals surface area contributed by atoms with Gasteiger partial charge >= 0.3 is 0 Å². The van der Waals surface area contributed by atoms with Crippen LogP contribution in [0.1, 0.15) is 32.3 Å². The summed E-state index contributed by atoms with van der Waals surface area (Å²) in [6, 6.07) is 23.5. The number of fused-ring (bicyclic) bond motifs is 3. The van der Waals surface area contributed by atoms with E-state index in [1.54, 1.807) is 0 Å². The lowest BCUT2D eigenvalue weighted by atomic mass is 9.89. The smallest absolute Gasteiger partial charge is 0.138 e. The molecule has 0 bridgehead atoms. The van der Waals surface area contributed by atoms with Gasteiger partial charge in [0.15, 0.2) is 0 Å². The summed E-state index contributed by atoms with van der Waals surface area (Å²) in [5.74, 6) is 1.06. The van der Waals surface area contributed by atoms with Crippen molar-refractivity contribution < 1.29 is 4.42 Å². The zero-order valence-corrected chi connectivity index (χ0v) is 14.4. The minimum absolute atomic E-state index is 0.475. The molecule has 0 radical (unpaired) electrons.